The summed E-state index contributed by atoms with van der Waals surface area (Å²) in [6, 6.07) is 6.48. The maximum atomic E-state index is 14.5. The second kappa shape index (κ2) is 8.77. The molecule has 1 saturated carbocycles. The number of H-pyrrole nitrogens is 1. The van der Waals surface area contributed by atoms with Crippen LogP contribution in [-0.2, 0) is 10.2 Å². The summed E-state index contributed by atoms with van der Waals surface area (Å²) in [6.07, 6.45) is 4.26. The molecule has 32 heavy (non-hydrogen) atoms. The molecule has 12 heteroatoms. The van der Waals surface area contributed by atoms with E-state index in [1.807, 2.05) is 0 Å². The highest BCUT2D eigenvalue weighted by Gasteiger charge is 2.45. The van der Waals surface area contributed by atoms with Crippen LogP contribution in [0.2, 0.25) is 0 Å². The molecule has 0 saturated heterocycles. The van der Waals surface area contributed by atoms with E-state index >= 15 is 0 Å². The highest BCUT2D eigenvalue weighted by molar-refractivity contribution is 9.10. The van der Waals surface area contributed by atoms with E-state index in [-0.39, 0.29) is 35.7 Å². The summed E-state index contributed by atoms with van der Waals surface area (Å²) in [5.41, 5.74) is -0.127. The average Bonchev–Trinajstić information content (AvgIpc) is 3.23. The van der Waals surface area contributed by atoms with Crippen molar-refractivity contribution in [3.63, 3.8) is 0 Å². The molecule has 5 N–H and O–H groups in total. The molecule has 0 aliphatic heterocycles. The molecule has 1 aliphatic rings. The largest absolute Gasteiger partial charge is 0.396 e. The molecule has 1 heterocycles. The first kappa shape index (κ1) is 22.6. The maximum absolute atomic E-state index is 14.5. The number of nitrogens with zero attached hydrogens (tertiary/aromatic N) is 1. The van der Waals surface area contributed by atoms with E-state index in [9.17, 15) is 22.3 Å². The number of imidazole rings is 1. The van der Waals surface area contributed by atoms with E-state index in [1.165, 1.54) is 24.7 Å². The third kappa shape index (κ3) is 5.09. The van der Waals surface area contributed by atoms with E-state index in [4.69, 9.17) is 0 Å². The van der Waals surface area contributed by atoms with Gasteiger partial charge >= 0.3 is 0 Å². The van der Waals surface area contributed by atoms with E-state index in [0.717, 1.165) is 12.1 Å². The number of anilines is 3. The normalized spacial score (nSPS) is 14.9. The molecule has 1 fully saturated rings. The van der Waals surface area contributed by atoms with Crippen LogP contribution >= 0.6 is 15.9 Å². The van der Waals surface area contributed by atoms with Crippen LogP contribution in [-0.4, -0.2) is 35.6 Å². The third-order valence-corrected chi connectivity index (χ3v) is 6.79. The van der Waals surface area contributed by atoms with Crippen molar-refractivity contribution < 1.29 is 22.3 Å². The van der Waals surface area contributed by atoms with Crippen molar-refractivity contribution in [2.45, 2.75) is 24.8 Å². The Hall–Kier alpha value is -2.54. The summed E-state index contributed by atoms with van der Waals surface area (Å²) in [5.74, 6) is -1.27. The van der Waals surface area contributed by atoms with E-state index in [0.29, 0.717) is 23.0 Å². The number of aliphatic hydroxyl groups is 1. The third-order valence-electron chi connectivity index (χ3n) is 5.12. The lowest BCUT2D eigenvalue weighted by atomic mass is 10.1. The number of halogens is 3. The van der Waals surface area contributed by atoms with Gasteiger partial charge in [0.2, 0.25) is 0 Å². The maximum Gasteiger partial charge on any atom is 0.299 e. The minimum Gasteiger partial charge on any atom is -0.396 e. The number of aliphatic hydroxyl groups excluding tert-OH is 1. The summed E-state index contributed by atoms with van der Waals surface area (Å²) in [5, 5.41) is 12.0. The van der Waals surface area contributed by atoms with Crippen LogP contribution in [0.5, 0.6) is 0 Å². The summed E-state index contributed by atoms with van der Waals surface area (Å²) in [4.78, 5) is 6.74. The van der Waals surface area contributed by atoms with E-state index in [1.54, 1.807) is 6.07 Å². The van der Waals surface area contributed by atoms with Crippen LogP contribution in [0.3, 0.4) is 0 Å². The Labute approximate surface area is 191 Å². The molecule has 1 aromatic heterocycles. The Bertz CT molecular complexity index is 1230. The van der Waals surface area contributed by atoms with Crippen molar-refractivity contribution >= 4 is 43.2 Å². The lowest BCUT2D eigenvalue weighted by Gasteiger charge is -2.21. The molecule has 0 bridgehead atoms. The van der Waals surface area contributed by atoms with Gasteiger partial charge in [0.15, 0.2) is 0 Å². The SMILES string of the molecule is O=S(=O)(Nc1c(Nc2ccc(Br)cc2F)cc(F)cc1-c1cnc[nH]1)NC1(CCO)CC1. The predicted molar refractivity (Wildman–Crippen MR) is 121 cm³/mol. The first-order chi connectivity index (χ1) is 15.2. The van der Waals surface area contributed by atoms with Gasteiger partial charge in [-0.1, -0.05) is 15.9 Å². The van der Waals surface area contributed by atoms with Gasteiger partial charge in [0.1, 0.15) is 11.6 Å². The molecule has 0 amide bonds. The second-order valence-corrected chi connectivity index (χ2v) is 9.88. The van der Waals surface area contributed by atoms with Gasteiger partial charge < -0.3 is 15.4 Å². The van der Waals surface area contributed by atoms with Gasteiger partial charge in [0.05, 0.1) is 35.3 Å². The van der Waals surface area contributed by atoms with Crippen LogP contribution in [0.25, 0.3) is 11.3 Å². The number of aromatic nitrogens is 2. The van der Waals surface area contributed by atoms with E-state index in [2.05, 4.69) is 40.7 Å². The molecular weight excluding hydrogens is 508 g/mol. The molecule has 0 spiro atoms. The Morgan fingerprint density at radius 2 is 1.97 bits per heavy atom. The first-order valence-corrected chi connectivity index (χ1v) is 11.9. The van der Waals surface area contributed by atoms with Crippen molar-refractivity contribution in [3.05, 3.63) is 59.0 Å². The number of rotatable bonds is 9. The Morgan fingerprint density at radius 1 is 1.19 bits per heavy atom. The highest BCUT2D eigenvalue weighted by atomic mass is 79.9. The predicted octanol–water partition coefficient (Wildman–Crippen LogP) is 4.02. The molecule has 170 valence electrons. The van der Waals surface area contributed by atoms with Crippen molar-refractivity contribution in [1.29, 1.82) is 0 Å². The zero-order chi connectivity index (χ0) is 22.9. The topological polar surface area (TPSA) is 119 Å². The summed E-state index contributed by atoms with van der Waals surface area (Å²) >= 11 is 3.18. The fourth-order valence-corrected chi connectivity index (χ4v) is 5.13. The first-order valence-electron chi connectivity index (χ1n) is 9.67. The monoisotopic (exact) mass is 527 g/mol. The van der Waals surface area contributed by atoms with Crippen LogP contribution in [0.4, 0.5) is 25.8 Å². The van der Waals surface area contributed by atoms with Crippen molar-refractivity contribution in [2.24, 2.45) is 0 Å². The summed E-state index contributed by atoms with van der Waals surface area (Å²) in [7, 11) is -4.12. The van der Waals surface area contributed by atoms with Gasteiger partial charge in [0.25, 0.3) is 10.2 Å². The van der Waals surface area contributed by atoms with Gasteiger partial charge in [-0.15, -0.1) is 0 Å². The van der Waals surface area contributed by atoms with Crippen LogP contribution in [0.1, 0.15) is 19.3 Å². The highest BCUT2D eigenvalue weighted by Crippen LogP contribution is 2.41. The molecule has 2 aromatic carbocycles. The molecule has 3 aromatic rings. The standard InChI is InChI=1S/C20H20BrF2N5O3S/c21-12-1-2-16(15(23)7-12)26-17-9-13(22)8-14(18-10-24-11-25-18)19(17)27-32(30,31)28-20(3-4-20)5-6-29/h1-2,7-11,26-29H,3-6H2,(H,24,25). The van der Waals surface area contributed by atoms with E-state index < -0.39 is 27.4 Å². The molecule has 1 aliphatic carbocycles. The number of hydrogen-bond donors (Lipinski definition) is 5. The number of benzene rings is 2. The van der Waals surface area contributed by atoms with Gasteiger partial charge in [-0.25, -0.2) is 13.8 Å². The van der Waals surface area contributed by atoms with Crippen molar-refractivity contribution in [2.75, 3.05) is 16.6 Å². The lowest BCUT2D eigenvalue weighted by Crippen LogP contribution is -2.41. The minimum atomic E-state index is -4.12. The van der Waals surface area contributed by atoms with Gasteiger partial charge in [0, 0.05) is 22.2 Å². The lowest BCUT2D eigenvalue weighted by molar-refractivity contribution is 0.267. The number of nitrogens with one attached hydrogen (secondary N) is 4. The number of hydrogen-bond acceptors (Lipinski definition) is 5. The summed E-state index contributed by atoms with van der Waals surface area (Å²) in [6.45, 7) is -0.159. The Kier molecular flexibility index (Phi) is 6.21. The minimum absolute atomic E-state index is 0.00488. The zero-order valence-electron chi connectivity index (χ0n) is 16.6. The smallest absolute Gasteiger partial charge is 0.299 e. The Morgan fingerprint density at radius 3 is 2.59 bits per heavy atom. The molecule has 4 rings (SSSR count). The van der Waals surface area contributed by atoms with Crippen molar-refractivity contribution in [3.8, 4) is 11.3 Å². The van der Waals surface area contributed by atoms with Gasteiger partial charge in [-0.2, -0.15) is 13.1 Å². The molecule has 8 nitrogen and oxygen atoms in total. The molecular formula is C20H20BrF2N5O3S. The average molecular weight is 528 g/mol. The van der Waals surface area contributed by atoms with Crippen molar-refractivity contribution in [1.82, 2.24) is 14.7 Å². The number of aromatic amines is 1. The molecule has 0 atom stereocenters. The van der Waals surface area contributed by atoms with Gasteiger partial charge in [-0.3, -0.25) is 4.72 Å². The fraction of sp³-hybridized carbons (Fsp3) is 0.250. The summed E-state index contributed by atoms with van der Waals surface area (Å²) < 4.78 is 60.3. The van der Waals surface area contributed by atoms with Crippen LogP contribution in [0.15, 0.2) is 47.3 Å². The second-order valence-electron chi connectivity index (χ2n) is 7.55. The quantitative estimate of drug-likeness (QED) is 0.288. The Balaban J connectivity index is 1.76. The zero-order valence-corrected chi connectivity index (χ0v) is 19.0. The van der Waals surface area contributed by atoms with Gasteiger partial charge in [-0.05, 0) is 49.6 Å². The molecule has 0 unspecified atom stereocenters. The van der Waals surface area contributed by atoms with Crippen LogP contribution < -0.4 is 14.8 Å². The van der Waals surface area contributed by atoms with Crippen LogP contribution in [0, 0.1) is 11.6 Å². The molecule has 0 radical (unpaired) electrons. The fourth-order valence-electron chi connectivity index (χ4n) is 3.38.